The van der Waals surface area contributed by atoms with E-state index >= 15 is 0 Å². The van der Waals surface area contributed by atoms with Crippen LogP contribution in [0.4, 0.5) is 0 Å². The van der Waals surface area contributed by atoms with Crippen molar-refractivity contribution in [2.45, 2.75) is 46.2 Å². The van der Waals surface area contributed by atoms with Crippen molar-refractivity contribution in [3.05, 3.63) is 58.6 Å². The fourth-order valence-electron chi connectivity index (χ4n) is 3.69. The van der Waals surface area contributed by atoms with Crippen LogP contribution in [-0.2, 0) is 6.54 Å². The second-order valence-corrected chi connectivity index (χ2v) is 7.06. The number of nitrogens with zero attached hydrogens (tertiary/aromatic N) is 3. The summed E-state index contributed by atoms with van der Waals surface area (Å²) in [5, 5.41) is 11.7. The number of rotatable bonds is 4. The molecule has 1 aliphatic rings. The summed E-state index contributed by atoms with van der Waals surface area (Å²) in [5.74, 6) is 0.876. The molecule has 130 valence electrons. The van der Waals surface area contributed by atoms with Crippen LogP contribution in [-0.4, -0.2) is 26.8 Å². The lowest BCUT2D eigenvalue weighted by atomic mass is 10.0. The Morgan fingerprint density at radius 1 is 1.20 bits per heavy atom. The standard InChI is InChI=1S/C20H24N4O/c1-13-6-7-16(9-14(13)2)20-17(11-21-22-20)12-24-8-4-5-19(24)18-10-15(3)25-23-18/h6-7,9-11,19H,4-5,8,12H2,1-3H3,(H,21,22)/t19-/m1/s1. The predicted molar refractivity (Wildman–Crippen MR) is 97.1 cm³/mol. The van der Waals surface area contributed by atoms with Gasteiger partial charge in [0.15, 0.2) is 0 Å². The van der Waals surface area contributed by atoms with Crippen molar-refractivity contribution in [2.24, 2.45) is 0 Å². The zero-order valence-electron chi connectivity index (χ0n) is 15.0. The minimum Gasteiger partial charge on any atom is -0.361 e. The van der Waals surface area contributed by atoms with Crippen LogP contribution >= 0.6 is 0 Å². The van der Waals surface area contributed by atoms with Crippen LogP contribution in [0.5, 0.6) is 0 Å². The van der Waals surface area contributed by atoms with Crippen molar-refractivity contribution in [3.63, 3.8) is 0 Å². The fourth-order valence-corrected chi connectivity index (χ4v) is 3.69. The first-order valence-electron chi connectivity index (χ1n) is 8.89. The molecular formula is C20H24N4O. The Balaban J connectivity index is 1.59. The van der Waals surface area contributed by atoms with Gasteiger partial charge >= 0.3 is 0 Å². The van der Waals surface area contributed by atoms with Crippen LogP contribution < -0.4 is 0 Å². The topological polar surface area (TPSA) is 58.0 Å². The minimum absolute atomic E-state index is 0.333. The average molecular weight is 336 g/mol. The molecule has 1 atom stereocenters. The molecule has 0 spiro atoms. The molecule has 25 heavy (non-hydrogen) atoms. The number of hydrogen-bond acceptors (Lipinski definition) is 4. The van der Waals surface area contributed by atoms with Crippen molar-refractivity contribution in [1.29, 1.82) is 0 Å². The van der Waals surface area contributed by atoms with E-state index in [0.717, 1.165) is 36.7 Å². The molecule has 0 unspecified atom stereocenters. The van der Waals surface area contributed by atoms with Crippen molar-refractivity contribution in [1.82, 2.24) is 20.3 Å². The summed E-state index contributed by atoms with van der Waals surface area (Å²) in [6.45, 7) is 8.19. The lowest BCUT2D eigenvalue weighted by Gasteiger charge is -2.22. The van der Waals surface area contributed by atoms with E-state index in [2.05, 4.69) is 58.4 Å². The summed E-state index contributed by atoms with van der Waals surface area (Å²) < 4.78 is 5.28. The third-order valence-corrected chi connectivity index (χ3v) is 5.24. The van der Waals surface area contributed by atoms with E-state index in [9.17, 15) is 0 Å². The van der Waals surface area contributed by atoms with Gasteiger partial charge in [-0.05, 0) is 57.4 Å². The number of H-pyrrole nitrogens is 1. The molecule has 1 aliphatic heterocycles. The van der Waals surface area contributed by atoms with Crippen molar-refractivity contribution in [3.8, 4) is 11.3 Å². The average Bonchev–Trinajstić information content (AvgIpc) is 3.31. The number of aromatic amines is 1. The van der Waals surface area contributed by atoms with Gasteiger partial charge in [-0.15, -0.1) is 0 Å². The van der Waals surface area contributed by atoms with Crippen LogP contribution in [0.2, 0.25) is 0 Å². The lowest BCUT2D eigenvalue weighted by Crippen LogP contribution is -2.23. The van der Waals surface area contributed by atoms with Gasteiger partial charge in [-0.1, -0.05) is 17.3 Å². The van der Waals surface area contributed by atoms with E-state index in [1.54, 1.807) is 0 Å². The molecule has 4 rings (SSSR count). The van der Waals surface area contributed by atoms with Gasteiger partial charge in [0.2, 0.25) is 0 Å². The molecule has 2 aromatic heterocycles. The molecule has 0 aliphatic carbocycles. The maximum Gasteiger partial charge on any atom is 0.133 e. The van der Waals surface area contributed by atoms with Gasteiger partial charge in [0.1, 0.15) is 11.5 Å². The highest BCUT2D eigenvalue weighted by atomic mass is 16.5. The third kappa shape index (κ3) is 3.12. The van der Waals surface area contributed by atoms with Crippen LogP contribution in [0.3, 0.4) is 0 Å². The monoisotopic (exact) mass is 336 g/mol. The van der Waals surface area contributed by atoms with Gasteiger partial charge in [0, 0.05) is 23.7 Å². The van der Waals surface area contributed by atoms with Crippen molar-refractivity contribution >= 4 is 0 Å². The molecule has 0 saturated carbocycles. The smallest absolute Gasteiger partial charge is 0.133 e. The normalized spacial score (nSPS) is 18.1. The number of benzene rings is 1. The second-order valence-electron chi connectivity index (χ2n) is 7.06. The van der Waals surface area contributed by atoms with Gasteiger partial charge in [-0.25, -0.2) is 0 Å². The van der Waals surface area contributed by atoms with E-state index in [4.69, 9.17) is 4.52 Å². The maximum absolute atomic E-state index is 5.28. The van der Waals surface area contributed by atoms with Gasteiger partial charge < -0.3 is 4.52 Å². The molecule has 1 N–H and O–H groups in total. The Hall–Kier alpha value is -2.40. The fraction of sp³-hybridized carbons (Fsp3) is 0.400. The highest BCUT2D eigenvalue weighted by Crippen LogP contribution is 2.34. The summed E-state index contributed by atoms with van der Waals surface area (Å²) in [6, 6.07) is 8.96. The predicted octanol–water partition coefficient (Wildman–Crippen LogP) is 4.33. The molecule has 1 fully saturated rings. The van der Waals surface area contributed by atoms with E-state index in [-0.39, 0.29) is 0 Å². The maximum atomic E-state index is 5.28. The first kappa shape index (κ1) is 16.1. The number of hydrogen-bond donors (Lipinski definition) is 1. The molecular weight excluding hydrogens is 312 g/mol. The quantitative estimate of drug-likeness (QED) is 0.770. The zero-order chi connectivity index (χ0) is 17.4. The van der Waals surface area contributed by atoms with Crippen LogP contribution in [0, 0.1) is 20.8 Å². The minimum atomic E-state index is 0.333. The zero-order valence-corrected chi connectivity index (χ0v) is 15.0. The molecule has 0 radical (unpaired) electrons. The molecule has 3 heterocycles. The first-order chi connectivity index (χ1) is 12.1. The molecule has 0 amide bonds. The Labute approximate surface area is 148 Å². The number of likely N-dealkylation sites (tertiary alicyclic amines) is 1. The van der Waals surface area contributed by atoms with Crippen LogP contribution in [0.15, 0.2) is 35.0 Å². The highest BCUT2D eigenvalue weighted by Gasteiger charge is 2.29. The Kier molecular flexibility index (Phi) is 4.17. The lowest BCUT2D eigenvalue weighted by molar-refractivity contribution is 0.237. The molecule has 3 aromatic rings. The van der Waals surface area contributed by atoms with E-state index < -0.39 is 0 Å². The van der Waals surface area contributed by atoms with E-state index in [0.29, 0.717) is 6.04 Å². The third-order valence-electron chi connectivity index (χ3n) is 5.24. The molecule has 5 heteroatoms. The highest BCUT2D eigenvalue weighted by molar-refractivity contribution is 5.64. The molecule has 1 saturated heterocycles. The number of nitrogens with one attached hydrogen (secondary N) is 1. The Morgan fingerprint density at radius 3 is 2.84 bits per heavy atom. The first-order valence-corrected chi connectivity index (χ1v) is 8.89. The molecule has 5 nitrogen and oxygen atoms in total. The Morgan fingerprint density at radius 2 is 2.08 bits per heavy atom. The summed E-state index contributed by atoms with van der Waals surface area (Å²) >= 11 is 0. The number of aromatic nitrogens is 3. The van der Waals surface area contributed by atoms with Crippen LogP contribution in [0.25, 0.3) is 11.3 Å². The summed E-state index contributed by atoms with van der Waals surface area (Å²) in [7, 11) is 0. The Bertz CT molecular complexity index is 879. The second kappa shape index (κ2) is 6.48. The summed E-state index contributed by atoms with van der Waals surface area (Å²) in [5.41, 5.74) is 7.20. The van der Waals surface area contributed by atoms with Crippen molar-refractivity contribution in [2.75, 3.05) is 6.54 Å². The number of aryl methyl sites for hydroxylation is 3. The molecule has 1 aromatic carbocycles. The van der Waals surface area contributed by atoms with E-state index in [1.807, 2.05) is 13.1 Å². The molecule has 0 bridgehead atoms. The summed E-state index contributed by atoms with van der Waals surface area (Å²) in [6.07, 6.45) is 4.27. The van der Waals surface area contributed by atoms with Crippen LogP contribution in [0.1, 0.15) is 47.0 Å². The summed E-state index contributed by atoms with van der Waals surface area (Å²) in [4.78, 5) is 2.48. The SMILES string of the molecule is Cc1cc([C@H]2CCCN2Cc2cn[nH]c2-c2ccc(C)c(C)c2)no1. The van der Waals surface area contributed by atoms with Gasteiger partial charge in [-0.3, -0.25) is 10.00 Å². The van der Waals surface area contributed by atoms with Gasteiger partial charge in [0.25, 0.3) is 0 Å². The van der Waals surface area contributed by atoms with Gasteiger partial charge in [-0.2, -0.15) is 5.10 Å². The van der Waals surface area contributed by atoms with Crippen molar-refractivity contribution < 1.29 is 4.52 Å². The largest absolute Gasteiger partial charge is 0.361 e. The van der Waals surface area contributed by atoms with Gasteiger partial charge in [0.05, 0.1) is 17.9 Å². The van der Waals surface area contributed by atoms with E-state index in [1.165, 1.54) is 28.7 Å².